The summed E-state index contributed by atoms with van der Waals surface area (Å²) in [4.78, 5) is 9.24. The minimum atomic E-state index is 0.907. The lowest BCUT2D eigenvalue weighted by atomic mass is 10.1. The van der Waals surface area contributed by atoms with Gasteiger partial charge in [-0.3, -0.25) is 9.98 Å². The smallest absolute Gasteiger partial charge is 0.0659 e. The zero-order valence-electron chi connectivity index (χ0n) is 13.5. The predicted molar refractivity (Wildman–Crippen MR) is 99.4 cm³/mol. The lowest BCUT2D eigenvalue weighted by Gasteiger charge is -2.01. The van der Waals surface area contributed by atoms with Crippen molar-refractivity contribution in [2.45, 2.75) is 20.3 Å². The second-order valence-electron chi connectivity index (χ2n) is 5.68. The van der Waals surface area contributed by atoms with Crippen molar-refractivity contribution in [1.29, 1.82) is 0 Å². The molecule has 1 aliphatic rings. The molecule has 0 saturated carbocycles. The van der Waals surface area contributed by atoms with Gasteiger partial charge < -0.3 is 0 Å². The highest BCUT2D eigenvalue weighted by atomic mass is 14.7. The van der Waals surface area contributed by atoms with E-state index in [1.54, 1.807) is 0 Å². The van der Waals surface area contributed by atoms with Crippen LogP contribution in [0.1, 0.15) is 17.5 Å². The number of allylic oxidation sites excluding steroid dienone is 4. The second-order valence-corrected chi connectivity index (χ2v) is 5.68. The normalized spacial score (nSPS) is 14.5. The van der Waals surface area contributed by atoms with E-state index in [1.807, 2.05) is 48.8 Å². The zero-order chi connectivity index (χ0) is 16.1. The summed E-state index contributed by atoms with van der Waals surface area (Å²) < 4.78 is 0. The van der Waals surface area contributed by atoms with E-state index in [0.717, 1.165) is 23.4 Å². The van der Waals surface area contributed by atoms with Crippen LogP contribution in [0.15, 0.2) is 81.8 Å². The molecule has 2 nitrogen and oxygen atoms in total. The molecule has 2 aromatic carbocycles. The number of aryl methyl sites for hydroxylation is 2. The van der Waals surface area contributed by atoms with Gasteiger partial charge in [-0.25, -0.2) is 0 Å². The molecule has 0 unspecified atom stereocenters. The Balaban J connectivity index is 1.83. The molecule has 0 amide bonds. The van der Waals surface area contributed by atoms with Gasteiger partial charge in [-0.2, -0.15) is 0 Å². The molecule has 0 aromatic heterocycles. The fourth-order valence-corrected chi connectivity index (χ4v) is 2.49. The minimum absolute atomic E-state index is 0.907. The van der Waals surface area contributed by atoms with Crippen LogP contribution < -0.4 is 0 Å². The Morgan fingerprint density at radius 2 is 1.35 bits per heavy atom. The number of hydrogen-bond acceptors (Lipinski definition) is 2. The largest absolute Gasteiger partial charge is 0.256 e. The summed E-state index contributed by atoms with van der Waals surface area (Å²) in [5.41, 5.74) is 6.72. The first-order chi connectivity index (χ1) is 11.2. The first-order valence-electron chi connectivity index (χ1n) is 7.83. The third-order valence-electron chi connectivity index (χ3n) is 3.94. The maximum atomic E-state index is 4.63. The van der Waals surface area contributed by atoms with Gasteiger partial charge in [0.25, 0.3) is 0 Å². The molecule has 23 heavy (non-hydrogen) atoms. The summed E-state index contributed by atoms with van der Waals surface area (Å²) >= 11 is 0. The van der Waals surface area contributed by atoms with Gasteiger partial charge in [0, 0.05) is 12.4 Å². The molecule has 2 aromatic rings. The van der Waals surface area contributed by atoms with Gasteiger partial charge in [-0.1, -0.05) is 48.6 Å². The molecule has 0 radical (unpaired) electrons. The molecular weight excluding hydrogens is 280 g/mol. The molecule has 3 rings (SSSR count). The maximum Gasteiger partial charge on any atom is 0.0659 e. The molecule has 2 heteroatoms. The molecule has 0 N–H and O–H groups in total. The fraction of sp³-hybridized carbons (Fsp3) is 0.143. The number of para-hydroxylation sites is 2. The van der Waals surface area contributed by atoms with Crippen LogP contribution in [0.4, 0.5) is 11.4 Å². The Morgan fingerprint density at radius 3 is 1.96 bits per heavy atom. The highest BCUT2D eigenvalue weighted by Gasteiger charge is 2.05. The van der Waals surface area contributed by atoms with Gasteiger partial charge in [-0.05, 0) is 54.7 Å². The van der Waals surface area contributed by atoms with Crippen molar-refractivity contribution in [3.05, 3.63) is 83.0 Å². The van der Waals surface area contributed by atoms with Crippen LogP contribution in [0.2, 0.25) is 0 Å². The summed E-state index contributed by atoms with van der Waals surface area (Å²) in [5, 5.41) is 0. The van der Waals surface area contributed by atoms with Crippen molar-refractivity contribution in [1.82, 2.24) is 0 Å². The Hall–Kier alpha value is -2.74. The van der Waals surface area contributed by atoms with Crippen LogP contribution >= 0.6 is 0 Å². The van der Waals surface area contributed by atoms with E-state index < -0.39 is 0 Å². The van der Waals surface area contributed by atoms with Gasteiger partial charge in [0.15, 0.2) is 0 Å². The van der Waals surface area contributed by atoms with E-state index in [-0.39, 0.29) is 0 Å². The lowest BCUT2D eigenvalue weighted by molar-refractivity contribution is 1.35. The number of benzene rings is 2. The summed E-state index contributed by atoms with van der Waals surface area (Å²) in [6.45, 7) is 4.15. The standard InChI is InChI=1S/C21H20N2/c1-16-8-3-5-12-20(16)22-14-18-10-7-11-19(18)15-23-21-13-6-4-9-17(21)2/h3-10,12-15H,11H2,1-2H3. The second kappa shape index (κ2) is 7.01. The summed E-state index contributed by atoms with van der Waals surface area (Å²) in [6, 6.07) is 16.3. The number of hydrogen-bond donors (Lipinski definition) is 0. The average Bonchev–Trinajstić information content (AvgIpc) is 3.01. The molecule has 0 aliphatic heterocycles. The van der Waals surface area contributed by atoms with Crippen LogP contribution in [-0.2, 0) is 0 Å². The molecule has 114 valence electrons. The van der Waals surface area contributed by atoms with Crippen LogP contribution in [0, 0.1) is 13.8 Å². The number of rotatable bonds is 4. The molecule has 0 atom stereocenters. The Morgan fingerprint density at radius 1 is 0.783 bits per heavy atom. The first-order valence-corrected chi connectivity index (χ1v) is 7.83. The van der Waals surface area contributed by atoms with Crippen LogP contribution in [-0.4, -0.2) is 12.4 Å². The highest BCUT2D eigenvalue weighted by Crippen LogP contribution is 2.22. The summed E-state index contributed by atoms with van der Waals surface area (Å²) in [6.07, 6.45) is 9.07. The van der Waals surface area contributed by atoms with Gasteiger partial charge in [0.1, 0.15) is 0 Å². The van der Waals surface area contributed by atoms with Crippen molar-refractivity contribution in [2.75, 3.05) is 0 Å². The van der Waals surface area contributed by atoms with E-state index in [1.165, 1.54) is 16.7 Å². The van der Waals surface area contributed by atoms with Gasteiger partial charge in [-0.15, -0.1) is 0 Å². The van der Waals surface area contributed by atoms with Crippen molar-refractivity contribution in [3.63, 3.8) is 0 Å². The molecule has 0 bridgehead atoms. The quantitative estimate of drug-likeness (QED) is 0.650. The van der Waals surface area contributed by atoms with Crippen molar-refractivity contribution >= 4 is 23.8 Å². The first kappa shape index (κ1) is 15.2. The van der Waals surface area contributed by atoms with Crippen molar-refractivity contribution < 1.29 is 0 Å². The summed E-state index contributed by atoms with van der Waals surface area (Å²) in [5.74, 6) is 0. The van der Waals surface area contributed by atoms with E-state index in [4.69, 9.17) is 0 Å². The number of aliphatic imine (C=N–C) groups is 2. The Bertz CT molecular complexity index is 823. The van der Waals surface area contributed by atoms with E-state index in [0.29, 0.717) is 0 Å². The highest BCUT2D eigenvalue weighted by molar-refractivity contribution is 5.97. The van der Waals surface area contributed by atoms with E-state index in [2.05, 4.69) is 48.1 Å². The average molecular weight is 300 g/mol. The molecular formula is C21H20N2. The van der Waals surface area contributed by atoms with Crippen LogP contribution in [0.3, 0.4) is 0 Å². The van der Waals surface area contributed by atoms with Crippen molar-refractivity contribution in [2.24, 2.45) is 9.98 Å². The summed E-state index contributed by atoms with van der Waals surface area (Å²) in [7, 11) is 0. The number of nitrogens with zero attached hydrogens (tertiary/aromatic N) is 2. The maximum absolute atomic E-state index is 4.63. The topological polar surface area (TPSA) is 24.7 Å². The van der Waals surface area contributed by atoms with Crippen LogP contribution in [0.5, 0.6) is 0 Å². The molecule has 0 saturated heterocycles. The third kappa shape index (κ3) is 3.72. The van der Waals surface area contributed by atoms with E-state index in [9.17, 15) is 0 Å². The zero-order valence-corrected chi connectivity index (χ0v) is 13.5. The minimum Gasteiger partial charge on any atom is -0.256 e. The lowest BCUT2D eigenvalue weighted by Crippen LogP contribution is -1.88. The SMILES string of the molecule is Cc1ccccc1N=CC1=C(C=Nc2ccccc2C)CC=C1. The van der Waals surface area contributed by atoms with Gasteiger partial charge >= 0.3 is 0 Å². The Labute approximate surface area is 137 Å². The fourth-order valence-electron chi connectivity index (χ4n) is 2.49. The molecule has 0 fully saturated rings. The van der Waals surface area contributed by atoms with Gasteiger partial charge in [0.05, 0.1) is 11.4 Å². The predicted octanol–water partition coefficient (Wildman–Crippen LogP) is 5.66. The molecule has 0 heterocycles. The molecule has 1 aliphatic carbocycles. The third-order valence-corrected chi connectivity index (χ3v) is 3.94. The molecule has 0 spiro atoms. The van der Waals surface area contributed by atoms with Gasteiger partial charge in [0.2, 0.25) is 0 Å². The van der Waals surface area contributed by atoms with E-state index >= 15 is 0 Å². The Kier molecular flexibility index (Phi) is 4.62. The van der Waals surface area contributed by atoms with Crippen LogP contribution in [0.25, 0.3) is 0 Å². The van der Waals surface area contributed by atoms with Crippen molar-refractivity contribution in [3.8, 4) is 0 Å². The monoisotopic (exact) mass is 300 g/mol.